The minimum absolute atomic E-state index is 0.163. The number of benzene rings is 1. The molecule has 2 aliphatic rings. The van der Waals surface area contributed by atoms with Crippen LogP contribution in [0.15, 0.2) is 29.4 Å². The van der Waals surface area contributed by atoms with E-state index in [0.717, 1.165) is 25.7 Å². The molecule has 1 aromatic carbocycles. The van der Waals surface area contributed by atoms with E-state index in [2.05, 4.69) is 10.5 Å². The minimum atomic E-state index is -1.04. The third-order valence-electron chi connectivity index (χ3n) is 4.22. The van der Waals surface area contributed by atoms with Gasteiger partial charge >= 0.3 is 0 Å². The van der Waals surface area contributed by atoms with Crippen LogP contribution in [-0.4, -0.2) is 23.3 Å². The number of amides is 1. The second kappa shape index (κ2) is 5.47. The lowest BCUT2D eigenvalue weighted by atomic mass is 9.94. The first kappa shape index (κ1) is 14.0. The van der Waals surface area contributed by atoms with Crippen molar-refractivity contribution < 1.29 is 14.0 Å². The van der Waals surface area contributed by atoms with Gasteiger partial charge in [-0.15, -0.1) is 0 Å². The molecule has 1 saturated carbocycles. The molecule has 1 atom stereocenters. The van der Waals surface area contributed by atoms with Crippen molar-refractivity contribution in [1.82, 2.24) is 5.32 Å². The van der Waals surface area contributed by atoms with Gasteiger partial charge in [-0.1, -0.05) is 36.2 Å². The van der Waals surface area contributed by atoms with Crippen molar-refractivity contribution >= 4 is 11.6 Å². The van der Waals surface area contributed by atoms with Crippen LogP contribution in [0.25, 0.3) is 0 Å². The van der Waals surface area contributed by atoms with Crippen LogP contribution in [0.3, 0.4) is 0 Å². The van der Waals surface area contributed by atoms with E-state index >= 15 is 0 Å². The highest BCUT2D eigenvalue weighted by atomic mass is 19.1. The fraction of sp³-hybridized carbons (Fsp3) is 0.500. The largest absolute Gasteiger partial charge is 0.379 e. The molecule has 1 amide bonds. The zero-order chi connectivity index (χ0) is 14.9. The number of hydrogen-bond acceptors (Lipinski definition) is 3. The maximum Gasteiger partial charge on any atom is 0.267 e. The van der Waals surface area contributed by atoms with Crippen molar-refractivity contribution in [3.63, 3.8) is 0 Å². The molecular formula is C16H19FN2O2. The molecule has 0 saturated heterocycles. The van der Waals surface area contributed by atoms with Crippen LogP contribution >= 0.6 is 0 Å². The van der Waals surface area contributed by atoms with Gasteiger partial charge in [0.25, 0.3) is 5.91 Å². The summed E-state index contributed by atoms with van der Waals surface area (Å²) in [6.07, 6.45) is 4.62. The predicted molar refractivity (Wildman–Crippen MR) is 77.4 cm³/mol. The minimum Gasteiger partial charge on any atom is -0.379 e. The van der Waals surface area contributed by atoms with Gasteiger partial charge in [-0.2, -0.15) is 0 Å². The molecule has 1 N–H and O–H groups in total. The van der Waals surface area contributed by atoms with E-state index in [1.165, 1.54) is 6.07 Å². The van der Waals surface area contributed by atoms with Crippen LogP contribution in [0.5, 0.6) is 0 Å². The number of oxime groups is 1. The van der Waals surface area contributed by atoms with Gasteiger partial charge in [0.05, 0.1) is 5.71 Å². The van der Waals surface area contributed by atoms with Crippen molar-refractivity contribution in [2.75, 3.05) is 0 Å². The summed E-state index contributed by atoms with van der Waals surface area (Å²) in [5.41, 5.74) is -0.160. The van der Waals surface area contributed by atoms with Crippen LogP contribution in [0, 0.1) is 5.82 Å². The van der Waals surface area contributed by atoms with Gasteiger partial charge in [0.15, 0.2) is 0 Å². The van der Waals surface area contributed by atoms with Gasteiger partial charge in [-0.05, 0) is 25.8 Å². The average Bonchev–Trinajstić information content (AvgIpc) is 3.10. The summed E-state index contributed by atoms with van der Waals surface area (Å²) in [6.45, 7) is 1.70. The maximum absolute atomic E-state index is 13.8. The van der Waals surface area contributed by atoms with E-state index in [1.807, 2.05) is 0 Å². The van der Waals surface area contributed by atoms with Gasteiger partial charge in [-0.25, -0.2) is 4.39 Å². The lowest BCUT2D eigenvalue weighted by Crippen LogP contribution is -2.48. The second-order valence-corrected chi connectivity index (χ2v) is 5.97. The number of hydrogen-bond donors (Lipinski definition) is 1. The Morgan fingerprint density at radius 1 is 1.38 bits per heavy atom. The summed E-state index contributed by atoms with van der Waals surface area (Å²) < 4.78 is 13.8. The molecule has 0 unspecified atom stereocenters. The molecule has 1 aliphatic heterocycles. The highest BCUT2D eigenvalue weighted by Crippen LogP contribution is 2.28. The molecule has 0 radical (unpaired) electrons. The van der Waals surface area contributed by atoms with Crippen molar-refractivity contribution in [3.05, 3.63) is 35.6 Å². The normalized spacial score (nSPS) is 25.5. The highest BCUT2D eigenvalue weighted by Gasteiger charge is 2.43. The van der Waals surface area contributed by atoms with E-state index in [-0.39, 0.29) is 24.2 Å². The van der Waals surface area contributed by atoms with E-state index in [4.69, 9.17) is 4.84 Å². The van der Waals surface area contributed by atoms with Crippen molar-refractivity contribution in [2.45, 2.75) is 50.7 Å². The fourth-order valence-corrected chi connectivity index (χ4v) is 2.91. The van der Waals surface area contributed by atoms with Gasteiger partial charge in [0.2, 0.25) is 5.60 Å². The summed E-state index contributed by atoms with van der Waals surface area (Å²) in [6, 6.07) is 6.64. The zero-order valence-electron chi connectivity index (χ0n) is 12.1. The summed E-state index contributed by atoms with van der Waals surface area (Å²) in [7, 11) is 0. The number of nitrogens with one attached hydrogen (secondary N) is 1. The fourth-order valence-electron chi connectivity index (χ4n) is 2.91. The first-order valence-corrected chi connectivity index (χ1v) is 7.39. The lowest BCUT2D eigenvalue weighted by molar-refractivity contribution is -0.142. The summed E-state index contributed by atoms with van der Waals surface area (Å²) in [4.78, 5) is 17.7. The predicted octanol–water partition coefficient (Wildman–Crippen LogP) is 2.77. The molecule has 1 heterocycles. The van der Waals surface area contributed by atoms with Crippen molar-refractivity contribution in [2.24, 2.45) is 5.16 Å². The number of rotatable bonds is 3. The van der Waals surface area contributed by atoms with E-state index in [9.17, 15) is 9.18 Å². The second-order valence-electron chi connectivity index (χ2n) is 5.97. The zero-order valence-corrected chi connectivity index (χ0v) is 12.1. The standard InChI is InChI=1S/C16H19FN2O2/c1-16(15(20)18-11-6-2-3-7-11)10-14(19-21-16)12-8-4-5-9-13(12)17/h4-5,8-9,11H,2-3,6-7,10H2,1H3,(H,18,20)/t16-/m1/s1. The van der Waals surface area contributed by atoms with Crippen LogP contribution in [0.2, 0.25) is 0 Å². The Kier molecular flexibility index (Phi) is 3.66. The first-order chi connectivity index (χ1) is 10.1. The molecule has 1 aliphatic carbocycles. The Morgan fingerprint density at radius 3 is 2.81 bits per heavy atom. The SMILES string of the molecule is C[C@]1(C(=O)NC2CCCC2)CC(c2ccccc2F)=NO1. The van der Waals surface area contributed by atoms with Gasteiger partial charge in [0, 0.05) is 18.0 Å². The Morgan fingerprint density at radius 2 is 2.10 bits per heavy atom. The van der Waals surface area contributed by atoms with Gasteiger partial charge < -0.3 is 10.2 Å². The molecule has 1 aromatic rings. The quantitative estimate of drug-likeness (QED) is 0.930. The summed E-state index contributed by atoms with van der Waals surface area (Å²) in [5.74, 6) is -0.509. The Bertz CT molecular complexity index is 581. The molecule has 0 spiro atoms. The van der Waals surface area contributed by atoms with E-state index in [1.54, 1.807) is 25.1 Å². The Labute approximate surface area is 123 Å². The van der Waals surface area contributed by atoms with E-state index in [0.29, 0.717) is 11.3 Å². The van der Waals surface area contributed by atoms with Crippen molar-refractivity contribution in [3.8, 4) is 0 Å². The molecule has 4 nitrogen and oxygen atoms in total. The topological polar surface area (TPSA) is 50.7 Å². The number of nitrogens with zero attached hydrogens (tertiary/aromatic N) is 1. The van der Waals surface area contributed by atoms with Crippen LogP contribution < -0.4 is 5.32 Å². The summed E-state index contributed by atoms with van der Waals surface area (Å²) >= 11 is 0. The number of carbonyl (C=O) groups excluding carboxylic acids is 1. The van der Waals surface area contributed by atoms with Gasteiger partial charge in [0.1, 0.15) is 5.82 Å². The van der Waals surface area contributed by atoms with Gasteiger partial charge in [-0.3, -0.25) is 4.79 Å². The summed E-state index contributed by atoms with van der Waals surface area (Å²) in [5, 5.41) is 6.95. The third kappa shape index (κ3) is 2.77. The monoisotopic (exact) mass is 290 g/mol. The lowest BCUT2D eigenvalue weighted by Gasteiger charge is -2.23. The molecule has 112 valence electrons. The van der Waals surface area contributed by atoms with Crippen molar-refractivity contribution in [1.29, 1.82) is 0 Å². The van der Waals surface area contributed by atoms with Crippen LogP contribution in [0.1, 0.15) is 44.6 Å². The Hall–Kier alpha value is -1.91. The van der Waals surface area contributed by atoms with Crippen LogP contribution in [-0.2, 0) is 9.63 Å². The molecule has 3 rings (SSSR count). The molecule has 1 fully saturated rings. The Balaban J connectivity index is 1.69. The highest BCUT2D eigenvalue weighted by molar-refractivity contribution is 6.05. The number of halogens is 1. The molecule has 5 heteroatoms. The molecule has 0 aromatic heterocycles. The van der Waals surface area contributed by atoms with Crippen LogP contribution in [0.4, 0.5) is 4.39 Å². The smallest absolute Gasteiger partial charge is 0.267 e. The first-order valence-electron chi connectivity index (χ1n) is 7.39. The maximum atomic E-state index is 13.8. The average molecular weight is 290 g/mol. The number of carbonyl (C=O) groups is 1. The molecule has 21 heavy (non-hydrogen) atoms. The third-order valence-corrected chi connectivity index (χ3v) is 4.22. The molecular weight excluding hydrogens is 271 g/mol. The molecule has 0 bridgehead atoms. The van der Waals surface area contributed by atoms with E-state index < -0.39 is 5.60 Å².